The van der Waals surface area contributed by atoms with Gasteiger partial charge in [-0.1, -0.05) is 0 Å². The van der Waals surface area contributed by atoms with Crippen molar-refractivity contribution in [1.29, 1.82) is 0 Å². The number of carboxylic acid groups (broad SMARTS) is 2. The van der Waals surface area contributed by atoms with Gasteiger partial charge in [0.2, 0.25) is 0 Å². The van der Waals surface area contributed by atoms with Crippen molar-refractivity contribution < 1.29 is 71.2 Å². The molecule has 58 valence electrons. The van der Waals surface area contributed by atoms with Gasteiger partial charge in [0.15, 0.2) is 0 Å². The molecule has 0 saturated carbocycles. The maximum Gasteiger partial charge on any atom is 1.00 e. The number of aliphatic carboxylic acids is 2. The molecule has 0 aliphatic rings. The molecule has 0 atom stereocenters. The summed E-state index contributed by atoms with van der Waals surface area (Å²) in [4.78, 5) is 21.1. The monoisotopic (exact) mass is 186 g/mol. The molecule has 0 heterocycles. The van der Waals surface area contributed by atoms with Crippen molar-refractivity contribution in [2.75, 3.05) is 20.1 Å². The van der Waals surface area contributed by atoms with Crippen molar-refractivity contribution in [3.05, 3.63) is 0 Å². The van der Waals surface area contributed by atoms with E-state index in [4.69, 9.17) is 10.2 Å². The summed E-state index contributed by atoms with van der Waals surface area (Å²) in [6.07, 6.45) is 0. The summed E-state index contributed by atoms with van der Waals surface area (Å²) in [6.45, 7) is -0.488. The molecule has 11 heavy (non-hydrogen) atoms. The van der Waals surface area contributed by atoms with Crippen LogP contribution in [0.5, 0.6) is 0 Å². The first kappa shape index (κ1) is 14.1. The standard InChI is InChI=1S/C5H9NO4.K/c1-6(2-4(7)8)3-5(9)10;/h2-3H2,1H3,(H,7,8)(H,9,10);/q;+1. The molecular formula is C5H9KNO4+. The fourth-order valence-corrected chi connectivity index (χ4v) is 0.518. The molecule has 0 aromatic rings. The number of hydrogen-bond donors (Lipinski definition) is 2. The summed E-state index contributed by atoms with van der Waals surface area (Å²) in [5.41, 5.74) is 0. The van der Waals surface area contributed by atoms with Crippen LogP contribution in [0.1, 0.15) is 0 Å². The van der Waals surface area contributed by atoms with Crippen molar-refractivity contribution in [1.82, 2.24) is 4.90 Å². The average molecular weight is 186 g/mol. The van der Waals surface area contributed by atoms with E-state index in [9.17, 15) is 9.59 Å². The average Bonchev–Trinajstić information content (AvgIpc) is 1.58. The molecule has 2 N–H and O–H groups in total. The molecule has 0 amide bonds. The molecule has 0 aromatic carbocycles. The van der Waals surface area contributed by atoms with E-state index in [2.05, 4.69) is 0 Å². The number of nitrogens with zero attached hydrogens (tertiary/aromatic N) is 1. The summed E-state index contributed by atoms with van der Waals surface area (Å²) in [5.74, 6) is -2.05. The maximum atomic E-state index is 9.96. The molecule has 0 radical (unpaired) electrons. The molecule has 0 aromatic heterocycles. The molecule has 0 aliphatic heterocycles. The van der Waals surface area contributed by atoms with Crippen molar-refractivity contribution in [2.45, 2.75) is 0 Å². The molecular weight excluding hydrogens is 177 g/mol. The Labute approximate surface area is 107 Å². The van der Waals surface area contributed by atoms with E-state index in [1.165, 1.54) is 11.9 Å². The maximum absolute atomic E-state index is 9.96. The molecule has 6 heteroatoms. The van der Waals surface area contributed by atoms with Crippen molar-refractivity contribution in [3.63, 3.8) is 0 Å². The van der Waals surface area contributed by atoms with Crippen LogP contribution in [0, 0.1) is 0 Å². The van der Waals surface area contributed by atoms with Gasteiger partial charge in [-0.05, 0) is 7.05 Å². The second-order valence-corrected chi connectivity index (χ2v) is 1.96. The summed E-state index contributed by atoms with van der Waals surface area (Å²) >= 11 is 0. The van der Waals surface area contributed by atoms with Crippen LogP contribution >= 0.6 is 0 Å². The second-order valence-electron chi connectivity index (χ2n) is 1.96. The third-order valence-corrected chi connectivity index (χ3v) is 0.810. The van der Waals surface area contributed by atoms with Crippen LogP contribution in [0.2, 0.25) is 0 Å². The van der Waals surface area contributed by atoms with Crippen molar-refractivity contribution >= 4 is 11.9 Å². The quantitative estimate of drug-likeness (QED) is 0.439. The Morgan fingerprint density at radius 2 is 1.45 bits per heavy atom. The number of hydrogen-bond acceptors (Lipinski definition) is 3. The van der Waals surface area contributed by atoms with E-state index in [0.29, 0.717) is 0 Å². The van der Waals surface area contributed by atoms with Gasteiger partial charge in [-0.15, -0.1) is 0 Å². The van der Waals surface area contributed by atoms with Gasteiger partial charge in [0.25, 0.3) is 0 Å². The summed E-state index contributed by atoms with van der Waals surface area (Å²) in [6, 6.07) is 0. The zero-order valence-electron chi connectivity index (χ0n) is 6.57. The van der Waals surface area contributed by atoms with Crippen LogP contribution in [0.4, 0.5) is 0 Å². The third kappa shape index (κ3) is 10.5. The number of rotatable bonds is 4. The smallest absolute Gasteiger partial charge is 0.480 e. The van der Waals surface area contributed by atoms with Crippen molar-refractivity contribution in [2.24, 2.45) is 0 Å². The van der Waals surface area contributed by atoms with E-state index in [1.807, 2.05) is 0 Å². The van der Waals surface area contributed by atoms with Gasteiger partial charge in [0.1, 0.15) is 0 Å². The van der Waals surface area contributed by atoms with Gasteiger partial charge < -0.3 is 10.2 Å². The minimum Gasteiger partial charge on any atom is -0.480 e. The normalized spacial score (nSPS) is 8.91. The fraction of sp³-hybridized carbons (Fsp3) is 0.600. The zero-order chi connectivity index (χ0) is 8.15. The Morgan fingerprint density at radius 1 is 1.18 bits per heavy atom. The molecule has 5 nitrogen and oxygen atoms in total. The number of carboxylic acids is 2. The predicted molar refractivity (Wildman–Crippen MR) is 32.8 cm³/mol. The summed E-state index contributed by atoms with van der Waals surface area (Å²) < 4.78 is 0. The first-order chi connectivity index (χ1) is 4.52. The number of likely N-dealkylation sites (N-methyl/N-ethyl adjacent to an activating group) is 1. The van der Waals surface area contributed by atoms with Gasteiger partial charge >= 0.3 is 63.3 Å². The Kier molecular flexibility index (Phi) is 9.22. The van der Waals surface area contributed by atoms with Gasteiger partial charge in [-0.3, -0.25) is 14.5 Å². The van der Waals surface area contributed by atoms with Gasteiger partial charge in [-0.2, -0.15) is 0 Å². The SMILES string of the molecule is CN(CC(=O)O)CC(=O)O.[K+]. The first-order valence-corrected chi connectivity index (χ1v) is 2.64. The molecule has 0 rings (SSSR count). The Bertz CT molecular complexity index is 133. The van der Waals surface area contributed by atoms with Crippen LogP contribution in [0.15, 0.2) is 0 Å². The van der Waals surface area contributed by atoms with Crippen LogP contribution in [0.3, 0.4) is 0 Å². The van der Waals surface area contributed by atoms with Gasteiger partial charge in [0.05, 0.1) is 13.1 Å². The third-order valence-electron chi connectivity index (χ3n) is 0.810. The fourth-order valence-electron chi connectivity index (χ4n) is 0.518. The number of carbonyl (C=O) groups is 2. The minimum absolute atomic E-state index is 0. The second kappa shape index (κ2) is 7.20. The molecule has 0 bridgehead atoms. The van der Waals surface area contributed by atoms with Crippen LogP contribution < -0.4 is 51.4 Å². The zero-order valence-corrected chi connectivity index (χ0v) is 9.70. The first-order valence-electron chi connectivity index (χ1n) is 2.64. The van der Waals surface area contributed by atoms with Crippen molar-refractivity contribution in [3.8, 4) is 0 Å². The predicted octanol–water partition coefficient (Wildman–Crippen LogP) is -3.91. The van der Waals surface area contributed by atoms with E-state index in [1.54, 1.807) is 0 Å². The molecule has 0 unspecified atom stereocenters. The Balaban J connectivity index is 0. The summed E-state index contributed by atoms with van der Waals surface area (Å²) in [5, 5.41) is 16.3. The van der Waals surface area contributed by atoms with Gasteiger partial charge in [-0.25, -0.2) is 0 Å². The van der Waals surface area contributed by atoms with Crippen LogP contribution in [0.25, 0.3) is 0 Å². The summed E-state index contributed by atoms with van der Waals surface area (Å²) in [7, 11) is 1.43. The molecule has 0 fully saturated rings. The molecule has 0 spiro atoms. The molecule has 0 aliphatic carbocycles. The van der Waals surface area contributed by atoms with Crippen LogP contribution in [-0.4, -0.2) is 47.2 Å². The Hall–Kier alpha value is 0.536. The van der Waals surface area contributed by atoms with E-state index < -0.39 is 11.9 Å². The topological polar surface area (TPSA) is 77.8 Å². The Morgan fingerprint density at radius 3 is 1.64 bits per heavy atom. The van der Waals surface area contributed by atoms with E-state index >= 15 is 0 Å². The molecule has 0 saturated heterocycles. The van der Waals surface area contributed by atoms with Gasteiger partial charge in [0, 0.05) is 0 Å². The minimum atomic E-state index is -1.02. The largest absolute Gasteiger partial charge is 1.00 e. The van der Waals surface area contributed by atoms with E-state index in [0.717, 1.165) is 0 Å². The van der Waals surface area contributed by atoms with E-state index in [-0.39, 0.29) is 64.5 Å². The van der Waals surface area contributed by atoms with Crippen LogP contribution in [-0.2, 0) is 9.59 Å².